The SMILES string of the molecule is CC(C)CCN(c1ccc(CO)cc1Br)C1CCCC1. The predicted molar refractivity (Wildman–Crippen MR) is 89.1 cm³/mol. The predicted octanol–water partition coefficient (Wildman–Crippen LogP) is 4.74. The Morgan fingerprint density at radius 3 is 2.55 bits per heavy atom. The zero-order chi connectivity index (χ0) is 14.5. The second-order valence-electron chi connectivity index (χ2n) is 6.26. The zero-order valence-corrected chi connectivity index (χ0v) is 14.2. The lowest BCUT2D eigenvalue weighted by Gasteiger charge is -2.33. The Morgan fingerprint density at radius 2 is 2.00 bits per heavy atom. The van der Waals surface area contributed by atoms with Gasteiger partial charge in [0.1, 0.15) is 0 Å². The van der Waals surface area contributed by atoms with Crippen LogP contribution in [-0.4, -0.2) is 17.7 Å². The molecule has 3 heteroatoms. The third-order valence-corrected chi connectivity index (χ3v) is 4.85. The molecule has 0 saturated heterocycles. The number of rotatable bonds is 6. The maximum Gasteiger partial charge on any atom is 0.0682 e. The first-order valence-electron chi connectivity index (χ1n) is 7.77. The van der Waals surface area contributed by atoms with Crippen LogP contribution in [0.3, 0.4) is 0 Å². The van der Waals surface area contributed by atoms with E-state index in [0.29, 0.717) is 6.04 Å². The molecule has 0 bridgehead atoms. The number of hydrogen-bond donors (Lipinski definition) is 1. The molecule has 0 aromatic heterocycles. The first kappa shape index (κ1) is 15.8. The molecule has 0 aliphatic heterocycles. The molecule has 0 unspecified atom stereocenters. The second-order valence-corrected chi connectivity index (χ2v) is 7.11. The van der Waals surface area contributed by atoms with E-state index in [1.807, 2.05) is 12.1 Å². The van der Waals surface area contributed by atoms with Gasteiger partial charge in [-0.25, -0.2) is 0 Å². The Bertz CT molecular complexity index is 427. The minimum Gasteiger partial charge on any atom is -0.392 e. The average molecular weight is 340 g/mol. The van der Waals surface area contributed by atoms with Gasteiger partial charge in [0.05, 0.1) is 12.3 Å². The summed E-state index contributed by atoms with van der Waals surface area (Å²) in [6.07, 6.45) is 6.56. The molecule has 112 valence electrons. The molecule has 0 radical (unpaired) electrons. The van der Waals surface area contributed by atoms with E-state index in [1.165, 1.54) is 37.8 Å². The highest BCUT2D eigenvalue weighted by Gasteiger charge is 2.24. The molecule has 0 spiro atoms. The molecule has 2 rings (SSSR count). The van der Waals surface area contributed by atoms with Crippen LogP contribution in [0.4, 0.5) is 5.69 Å². The summed E-state index contributed by atoms with van der Waals surface area (Å²) in [4.78, 5) is 2.58. The molecular weight excluding hydrogens is 314 g/mol. The van der Waals surface area contributed by atoms with E-state index in [1.54, 1.807) is 0 Å². The van der Waals surface area contributed by atoms with Crippen molar-refractivity contribution in [2.75, 3.05) is 11.4 Å². The van der Waals surface area contributed by atoms with Crippen molar-refractivity contribution in [2.24, 2.45) is 5.92 Å². The van der Waals surface area contributed by atoms with Crippen LogP contribution in [0.5, 0.6) is 0 Å². The molecule has 20 heavy (non-hydrogen) atoms. The average Bonchev–Trinajstić information content (AvgIpc) is 2.94. The Hall–Kier alpha value is -0.540. The summed E-state index contributed by atoms with van der Waals surface area (Å²) in [6.45, 7) is 5.81. The van der Waals surface area contributed by atoms with E-state index >= 15 is 0 Å². The van der Waals surface area contributed by atoms with Gasteiger partial charge in [-0.15, -0.1) is 0 Å². The zero-order valence-electron chi connectivity index (χ0n) is 12.6. The molecule has 2 nitrogen and oxygen atoms in total. The third kappa shape index (κ3) is 3.98. The molecule has 1 aliphatic rings. The van der Waals surface area contributed by atoms with Crippen LogP contribution in [0, 0.1) is 5.92 Å². The molecule has 1 aromatic carbocycles. The first-order valence-corrected chi connectivity index (χ1v) is 8.57. The van der Waals surface area contributed by atoms with Gasteiger partial charge in [-0.3, -0.25) is 0 Å². The maximum atomic E-state index is 9.24. The molecule has 0 heterocycles. The van der Waals surface area contributed by atoms with Gasteiger partial charge >= 0.3 is 0 Å². The Labute approximate surface area is 131 Å². The number of benzene rings is 1. The van der Waals surface area contributed by atoms with E-state index < -0.39 is 0 Å². The van der Waals surface area contributed by atoms with Crippen molar-refractivity contribution in [2.45, 2.75) is 58.6 Å². The Kier molecular flexibility index (Phi) is 5.91. The summed E-state index contributed by atoms with van der Waals surface area (Å²) >= 11 is 3.69. The van der Waals surface area contributed by atoms with E-state index in [-0.39, 0.29) is 6.61 Å². The fourth-order valence-corrected chi connectivity index (χ4v) is 3.65. The third-order valence-electron chi connectivity index (χ3n) is 4.22. The summed E-state index contributed by atoms with van der Waals surface area (Å²) in [5, 5.41) is 9.24. The summed E-state index contributed by atoms with van der Waals surface area (Å²) in [5.41, 5.74) is 2.26. The van der Waals surface area contributed by atoms with Crippen LogP contribution in [0.1, 0.15) is 51.5 Å². The van der Waals surface area contributed by atoms with Crippen LogP contribution in [0.25, 0.3) is 0 Å². The smallest absolute Gasteiger partial charge is 0.0682 e. The van der Waals surface area contributed by atoms with E-state index in [9.17, 15) is 5.11 Å². The van der Waals surface area contributed by atoms with Crippen LogP contribution in [-0.2, 0) is 6.61 Å². The summed E-state index contributed by atoms with van der Waals surface area (Å²) < 4.78 is 1.11. The maximum absolute atomic E-state index is 9.24. The summed E-state index contributed by atoms with van der Waals surface area (Å²) in [6, 6.07) is 6.93. The fraction of sp³-hybridized carbons (Fsp3) is 0.647. The van der Waals surface area contributed by atoms with Gasteiger partial charge in [-0.1, -0.05) is 32.8 Å². The largest absolute Gasteiger partial charge is 0.392 e. The normalized spacial score (nSPS) is 16.1. The lowest BCUT2D eigenvalue weighted by atomic mass is 10.1. The van der Waals surface area contributed by atoms with Crippen molar-refractivity contribution in [3.05, 3.63) is 28.2 Å². The van der Waals surface area contributed by atoms with Gasteiger partial charge in [-0.2, -0.15) is 0 Å². The standard InChI is InChI=1S/C17H26BrNO/c1-13(2)9-10-19(15-5-3-4-6-15)17-8-7-14(12-20)11-16(17)18/h7-8,11,13,15,20H,3-6,9-10,12H2,1-2H3. The number of aliphatic hydroxyl groups is 1. The highest BCUT2D eigenvalue weighted by atomic mass is 79.9. The lowest BCUT2D eigenvalue weighted by molar-refractivity contribution is 0.282. The van der Waals surface area contributed by atoms with Crippen molar-refractivity contribution >= 4 is 21.6 Å². The molecule has 1 saturated carbocycles. The van der Waals surface area contributed by atoms with Crippen molar-refractivity contribution < 1.29 is 5.11 Å². The Morgan fingerprint density at radius 1 is 1.30 bits per heavy atom. The second kappa shape index (κ2) is 7.46. The van der Waals surface area contributed by atoms with E-state index in [0.717, 1.165) is 22.5 Å². The molecule has 1 aliphatic carbocycles. The lowest BCUT2D eigenvalue weighted by Crippen LogP contribution is -2.35. The number of halogens is 1. The summed E-state index contributed by atoms with van der Waals surface area (Å²) in [7, 11) is 0. The van der Waals surface area contributed by atoms with Crippen LogP contribution >= 0.6 is 15.9 Å². The van der Waals surface area contributed by atoms with Gasteiger partial charge in [0.25, 0.3) is 0 Å². The molecule has 1 aromatic rings. The number of aliphatic hydroxyl groups excluding tert-OH is 1. The topological polar surface area (TPSA) is 23.5 Å². The molecule has 0 atom stereocenters. The van der Waals surface area contributed by atoms with Crippen molar-refractivity contribution in [3.8, 4) is 0 Å². The molecule has 0 amide bonds. The van der Waals surface area contributed by atoms with Crippen molar-refractivity contribution in [1.82, 2.24) is 0 Å². The molecule has 1 N–H and O–H groups in total. The minimum atomic E-state index is 0.105. The van der Waals surface area contributed by atoms with Gasteiger partial charge in [0.2, 0.25) is 0 Å². The van der Waals surface area contributed by atoms with E-state index in [2.05, 4.69) is 40.7 Å². The van der Waals surface area contributed by atoms with E-state index in [4.69, 9.17) is 0 Å². The van der Waals surface area contributed by atoms with Crippen LogP contribution < -0.4 is 4.90 Å². The molecule has 1 fully saturated rings. The van der Waals surface area contributed by atoms with Crippen LogP contribution in [0.2, 0.25) is 0 Å². The minimum absolute atomic E-state index is 0.105. The number of anilines is 1. The van der Waals surface area contributed by atoms with Gasteiger partial charge in [0.15, 0.2) is 0 Å². The van der Waals surface area contributed by atoms with Gasteiger partial charge in [-0.05, 0) is 58.8 Å². The molecular formula is C17H26BrNO. The highest BCUT2D eigenvalue weighted by molar-refractivity contribution is 9.10. The number of nitrogens with zero attached hydrogens (tertiary/aromatic N) is 1. The quantitative estimate of drug-likeness (QED) is 0.809. The van der Waals surface area contributed by atoms with Gasteiger partial charge in [0, 0.05) is 17.1 Å². The van der Waals surface area contributed by atoms with Crippen LogP contribution in [0.15, 0.2) is 22.7 Å². The monoisotopic (exact) mass is 339 g/mol. The van der Waals surface area contributed by atoms with Crippen molar-refractivity contribution in [3.63, 3.8) is 0 Å². The Balaban J connectivity index is 2.20. The van der Waals surface area contributed by atoms with Gasteiger partial charge < -0.3 is 10.0 Å². The fourth-order valence-electron chi connectivity index (χ4n) is 2.99. The first-order chi connectivity index (χ1) is 9.61. The number of hydrogen-bond acceptors (Lipinski definition) is 2. The highest BCUT2D eigenvalue weighted by Crippen LogP contribution is 2.34. The summed E-state index contributed by atoms with van der Waals surface area (Å²) in [5.74, 6) is 0.731. The van der Waals surface area contributed by atoms with Crippen molar-refractivity contribution in [1.29, 1.82) is 0 Å².